The van der Waals surface area contributed by atoms with E-state index in [0.29, 0.717) is 0 Å². The van der Waals surface area contributed by atoms with Crippen molar-refractivity contribution >= 4 is 61.5 Å². The summed E-state index contributed by atoms with van der Waals surface area (Å²) in [6.45, 7) is 4.95. The molecule has 0 saturated carbocycles. The van der Waals surface area contributed by atoms with E-state index in [-0.39, 0.29) is 0 Å². The van der Waals surface area contributed by atoms with Gasteiger partial charge in [0.1, 0.15) is 8.07 Å². The predicted molar refractivity (Wildman–Crippen MR) is 236 cm³/mol. The lowest BCUT2D eigenvalue weighted by Crippen LogP contribution is -2.50. The van der Waals surface area contributed by atoms with Gasteiger partial charge in [0.25, 0.3) is 0 Å². The Bertz CT molecular complexity index is 3150. The van der Waals surface area contributed by atoms with Crippen molar-refractivity contribution in [2.75, 3.05) is 0 Å². The Morgan fingerprint density at radius 2 is 0.818 bits per heavy atom. The van der Waals surface area contributed by atoms with Gasteiger partial charge in [-0.05, 0) is 93.9 Å². The molecule has 0 radical (unpaired) electrons. The fourth-order valence-corrected chi connectivity index (χ4v) is 12.9. The Kier molecular flexibility index (Phi) is 7.04. The van der Waals surface area contributed by atoms with Gasteiger partial charge in [0, 0.05) is 16.7 Å². The van der Waals surface area contributed by atoms with E-state index in [4.69, 9.17) is 9.97 Å². The Balaban J connectivity index is 1.06. The summed E-state index contributed by atoms with van der Waals surface area (Å²) >= 11 is 0. The first-order chi connectivity index (χ1) is 27.0. The van der Waals surface area contributed by atoms with Crippen LogP contribution in [0.3, 0.4) is 0 Å². The van der Waals surface area contributed by atoms with Crippen molar-refractivity contribution in [2.45, 2.75) is 13.1 Å². The second kappa shape index (κ2) is 12.2. The summed E-state index contributed by atoms with van der Waals surface area (Å²) in [5.74, 6) is 0.768. The molecule has 0 aliphatic carbocycles. The molecule has 0 spiro atoms. The zero-order valence-electron chi connectivity index (χ0n) is 30.7. The summed E-state index contributed by atoms with van der Waals surface area (Å²) in [5.41, 5.74) is 10.3. The fourth-order valence-electron chi connectivity index (χ4n) is 9.25. The van der Waals surface area contributed by atoms with Gasteiger partial charge in [0.2, 0.25) is 0 Å². The molecule has 3 heteroatoms. The lowest BCUT2D eigenvalue weighted by Gasteiger charge is -2.23. The van der Waals surface area contributed by atoms with Crippen molar-refractivity contribution in [1.29, 1.82) is 0 Å². The van der Waals surface area contributed by atoms with Gasteiger partial charge in [-0.2, -0.15) is 0 Å². The molecule has 10 aromatic rings. The molecular weight excluding hydrogens is 681 g/mol. The van der Waals surface area contributed by atoms with Crippen molar-refractivity contribution in [3.05, 3.63) is 182 Å². The Morgan fingerprint density at radius 3 is 1.49 bits per heavy atom. The Labute approximate surface area is 321 Å². The monoisotopic (exact) mass is 716 g/mol. The van der Waals surface area contributed by atoms with E-state index in [1.807, 2.05) is 0 Å². The second-order valence-electron chi connectivity index (χ2n) is 15.3. The first kappa shape index (κ1) is 31.8. The van der Waals surface area contributed by atoms with Crippen LogP contribution in [-0.4, -0.2) is 18.0 Å². The summed E-state index contributed by atoms with van der Waals surface area (Å²) in [6.07, 6.45) is 0. The number of benzene rings is 9. The molecule has 0 atom stereocenters. The summed E-state index contributed by atoms with van der Waals surface area (Å²) in [5, 5.41) is 13.1. The first-order valence-electron chi connectivity index (χ1n) is 19.1. The smallest absolute Gasteiger partial charge is 0.160 e. The summed E-state index contributed by atoms with van der Waals surface area (Å²) in [4.78, 5) is 10.8. The van der Waals surface area contributed by atoms with Crippen LogP contribution in [0.2, 0.25) is 13.1 Å². The molecule has 0 N–H and O–H groups in total. The van der Waals surface area contributed by atoms with Crippen LogP contribution in [-0.2, 0) is 0 Å². The maximum atomic E-state index is 5.44. The highest BCUT2D eigenvalue weighted by Gasteiger charge is 2.43. The number of rotatable bonds is 4. The Morgan fingerprint density at radius 1 is 0.327 bits per heavy atom. The van der Waals surface area contributed by atoms with Crippen LogP contribution in [0.4, 0.5) is 0 Å². The Hall–Kier alpha value is -6.68. The number of hydrogen-bond donors (Lipinski definition) is 0. The normalized spacial score (nSPS) is 13.1. The van der Waals surface area contributed by atoms with Crippen molar-refractivity contribution in [3.8, 4) is 56.2 Å². The number of fused-ring (bicyclic) bond motifs is 11. The molecule has 0 bridgehead atoms. The minimum Gasteiger partial charge on any atom is -0.228 e. The van der Waals surface area contributed by atoms with Crippen molar-refractivity contribution in [2.24, 2.45) is 0 Å². The molecule has 0 unspecified atom stereocenters. The van der Waals surface area contributed by atoms with Gasteiger partial charge in [-0.15, -0.1) is 0 Å². The second-order valence-corrected chi connectivity index (χ2v) is 19.6. The van der Waals surface area contributed by atoms with E-state index in [1.54, 1.807) is 0 Å². The van der Waals surface area contributed by atoms with Gasteiger partial charge >= 0.3 is 0 Å². The van der Waals surface area contributed by atoms with Gasteiger partial charge in [-0.3, -0.25) is 0 Å². The van der Waals surface area contributed by atoms with E-state index in [9.17, 15) is 0 Å². The summed E-state index contributed by atoms with van der Waals surface area (Å²) < 4.78 is 0. The fraction of sp³-hybridized carbons (Fsp3) is 0.0385. The summed E-state index contributed by atoms with van der Waals surface area (Å²) in [6, 6.07) is 66.3. The highest BCUT2D eigenvalue weighted by Crippen LogP contribution is 2.39. The number of hydrogen-bond acceptors (Lipinski definition) is 2. The molecule has 1 aromatic heterocycles. The SMILES string of the molecule is C[Si]1(C)c2c(-c3cccc(-c4cccc(-c5ccc6c7ccccc7c7ccccc7c6c5)c4)c3)nc(-c3ccccc3)nc2-c2ccc3ccccc3c21. The van der Waals surface area contributed by atoms with Crippen molar-refractivity contribution in [3.63, 3.8) is 0 Å². The van der Waals surface area contributed by atoms with Crippen LogP contribution in [0.1, 0.15) is 0 Å². The van der Waals surface area contributed by atoms with Crippen molar-refractivity contribution < 1.29 is 0 Å². The molecule has 258 valence electrons. The lowest BCUT2D eigenvalue weighted by atomic mass is 9.91. The first-order valence-corrected chi connectivity index (χ1v) is 22.1. The largest absolute Gasteiger partial charge is 0.228 e. The molecule has 1 aliphatic rings. The van der Waals surface area contributed by atoms with Gasteiger partial charge < -0.3 is 0 Å². The molecule has 1 aliphatic heterocycles. The molecule has 11 rings (SSSR count). The quantitative estimate of drug-likeness (QED) is 0.134. The van der Waals surface area contributed by atoms with E-state index in [0.717, 1.165) is 28.3 Å². The highest BCUT2D eigenvalue weighted by atomic mass is 28.3. The number of nitrogens with zero attached hydrogens (tertiary/aromatic N) is 2. The maximum Gasteiger partial charge on any atom is 0.160 e. The molecule has 2 heterocycles. The minimum absolute atomic E-state index is 0.768. The third-order valence-electron chi connectivity index (χ3n) is 11.8. The van der Waals surface area contributed by atoms with Crippen LogP contribution in [0.5, 0.6) is 0 Å². The van der Waals surface area contributed by atoms with Crippen LogP contribution in [0, 0.1) is 0 Å². The molecule has 0 fully saturated rings. The zero-order chi connectivity index (χ0) is 36.7. The molecule has 0 saturated heterocycles. The average Bonchev–Trinajstić information content (AvgIpc) is 3.49. The molecule has 9 aromatic carbocycles. The van der Waals surface area contributed by atoms with E-state index in [1.165, 1.54) is 81.3 Å². The van der Waals surface area contributed by atoms with Crippen LogP contribution in [0.15, 0.2) is 182 Å². The zero-order valence-corrected chi connectivity index (χ0v) is 31.7. The topological polar surface area (TPSA) is 25.8 Å². The van der Waals surface area contributed by atoms with Gasteiger partial charge in [0.15, 0.2) is 5.82 Å². The number of aromatic nitrogens is 2. The van der Waals surface area contributed by atoms with E-state index < -0.39 is 8.07 Å². The third kappa shape index (κ3) is 4.94. The van der Waals surface area contributed by atoms with E-state index >= 15 is 0 Å². The van der Waals surface area contributed by atoms with Crippen LogP contribution < -0.4 is 10.4 Å². The maximum absolute atomic E-state index is 5.44. The molecular formula is C52H36N2Si. The van der Waals surface area contributed by atoms with Crippen LogP contribution in [0.25, 0.3) is 99.2 Å². The van der Waals surface area contributed by atoms with Crippen LogP contribution >= 0.6 is 0 Å². The third-order valence-corrected chi connectivity index (χ3v) is 15.3. The van der Waals surface area contributed by atoms with E-state index in [2.05, 4.69) is 195 Å². The van der Waals surface area contributed by atoms with Crippen molar-refractivity contribution in [1.82, 2.24) is 9.97 Å². The lowest BCUT2D eigenvalue weighted by molar-refractivity contribution is 1.20. The highest BCUT2D eigenvalue weighted by molar-refractivity contribution is 7.05. The molecule has 0 amide bonds. The molecule has 55 heavy (non-hydrogen) atoms. The minimum atomic E-state index is -2.23. The van der Waals surface area contributed by atoms with Gasteiger partial charge in [0.05, 0.1) is 11.4 Å². The summed E-state index contributed by atoms with van der Waals surface area (Å²) in [7, 11) is -2.23. The van der Waals surface area contributed by atoms with Gasteiger partial charge in [-0.25, -0.2) is 9.97 Å². The standard InChI is InChI=1S/C52H36N2Si/c1-55(2)50-40-21-7-6-14-33(40)26-29-46(50)49-51(55)48(53-52(54-49)34-15-4-3-5-16-34)39-20-13-19-37(31-39)35-17-12-18-36(30-35)38-27-28-45-43-24-9-8-22-41(43)42-23-10-11-25-44(42)47(45)32-38/h3-32H,1-2H3. The predicted octanol–water partition coefficient (Wildman–Crippen LogP) is 12.6. The average molecular weight is 717 g/mol. The van der Waals surface area contributed by atoms with Gasteiger partial charge in [-0.1, -0.05) is 177 Å². The molecule has 2 nitrogen and oxygen atoms in total.